The van der Waals surface area contributed by atoms with Crippen molar-refractivity contribution in [2.75, 3.05) is 11.9 Å². The minimum atomic E-state index is 0.167. The molecule has 1 fully saturated rings. The van der Waals surface area contributed by atoms with Gasteiger partial charge in [0.2, 0.25) is 5.91 Å². The molecule has 1 aliphatic carbocycles. The van der Waals surface area contributed by atoms with E-state index in [0.29, 0.717) is 0 Å². The zero-order chi connectivity index (χ0) is 13.1. The highest BCUT2D eigenvalue weighted by Crippen LogP contribution is 2.30. The van der Waals surface area contributed by atoms with E-state index in [0.717, 1.165) is 37.3 Å². The second-order valence-corrected chi connectivity index (χ2v) is 5.37. The molecule has 0 aromatic heterocycles. The Morgan fingerprint density at radius 1 is 1.17 bits per heavy atom. The molecule has 2 rings (SSSR count). The maximum absolute atomic E-state index is 12.4. The van der Waals surface area contributed by atoms with Crippen LogP contribution < -0.4 is 4.90 Å². The van der Waals surface area contributed by atoms with Crippen molar-refractivity contribution in [3.8, 4) is 5.75 Å². The average molecular weight is 247 g/mol. The molecule has 0 atom stereocenters. The van der Waals surface area contributed by atoms with Gasteiger partial charge < -0.3 is 10.0 Å². The number of anilines is 1. The van der Waals surface area contributed by atoms with Gasteiger partial charge in [-0.2, -0.15) is 0 Å². The number of carbonyl (C=O) groups excluding carboxylic acids is 1. The number of amides is 1. The molecule has 0 aliphatic heterocycles. The molecular weight excluding hydrogens is 226 g/mol. The summed E-state index contributed by atoms with van der Waals surface area (Å²) < 4.78 is 0. The highest BCUT2D eigenvalue weighted by molar-refractivity contribution is 5.94. The Morgan fingerprint density at radius 2 is 1.72 bits per heavy atom. The van der Waals surface area contributed by atoms with Crippen molar-refractivity contribution in [1.29, 1.82) is 0 Å². The monoisotopic (exact) mass is 247 g/mol. The minimum absolute atomic E-state index is 0.167. The van der Waals surface area contributed by atoms with Crippen LogP contribution in [0.1, 0.15) is 32.6 Å². The first kappa shape index (κ1) is 12.9. The molecule has 1 saturated carbocycles. The van der Waals surface area contributed by atoms with E-state index in [9.17, 15) is 9.90 Å². The smallest absolute Gasteiger partial charge is 0.229 e. The summed E-state index contributed by atoms with van der Waals surface area (Å²) in [6.07, 6.45) is 4.31. The lowest BCUT2D eigenvalue weighted by Gasteiger charge is -2.29. The van der Waals surface area contributed by atoms with Gasteiger partial charge in [-0.25, -0.2) is 0 Å². The van der Waals surface area contributed by atoms with E-state index >= 15 is 0 Å². The van der Waals surface area contributed by atoms with E-state index in [1.807, 2.05) is 7.05 Å². The van der Waals surface area contributed by atoms with Crippen LogP contribution in [0.15, 0.2) is 24.3 Å². The molecule has 0 unspecified atom stereocenters. The van der Waals surface area contributed by atoms with Gasteiger partial charge in [-0.15, -0.1) is 0 Å². The fourth-order valence-electron chi connectivity index (χ4n) is 2.58. The molecule has 0 spiro atoms. The number of hydrogen-bond acceptors (Lipinski definition) is 2. The van der Waals surface area contributed by atoms with E-state index in [2.05, 4.69) is 6.92 Å². The molecule has 0 heterocycles. The van der Waals surface area contributed by atoms with Crippen LogP contribution in [0.4, 0.5) is 5.69 Å². The predicted octanol–water partition coefficient (Wildman–Crippen LogP) is 3.18. The summed E-state index contributed by atoms with van der Waals surface area (Å²) in [7, 11) is 1.81. The zero-order valence-corrected chi connectivity index (χ0v) is 11.1. The molecule has 1 aromatic carbocycles. The van der Waals surface area contributed by atoms with Gasteiger partial charge in [0.25, 0.3) is 0 Å². The summed E-state index contributed by atoms with van der Waals surface area (Å²) in [6, 6.07) is 6.78. The van der Waals surface area contributed by atoms with E-state index in [-0.39, 0.29) is 17.6 Å². The molecule has 1 N–H and O–H groups in total. The minimum Gasteiger partial charge on any atom is -0.508 e. The molecule has 0 bridgehead atoms. The quantitative estimate of drug-likeness (QED) is 0.872. The van der Waals surface area contributed by atoms with Crippen LogP contribution in [0.2, 0.25) is 0 Å². The summed E-state index contributed by atoms with van der Waals surface area (Å²) in [6.45, 7) is 2.25. The maximum Gasteiger partial charge on any atom is 0.229 e. The maximum atomic E-state index is 12.4. The molecule has 1 aromatic rings. The highest BCUT2D eigenvalue weighted by Gasteiger charge is 2.27. The average Bonchev–Trinajstić information content (AvgIpc) is 2.39. The molecule has 1 aliphatic rings. The van der Waals surface area contributed by atoms with Crippen LogP contribution in [0, 0.1) is 11.8 Å². The second-order valence-electron chi connectivity index (χ2n) is 5.37. The third kappa shape index (κ3) is 2.84. The molecule has 3 heteroatoms. The molecule has 18 heavy (non-hydrogen) atoms. The third-order valence-electron chi connectivity index (χ3n) is 3.93. The summed E-state index contributed by atoms with van der Waals surface area (Å²) in [5.41, 5.74) is 0.844. The Bertz CT molecular complexity index is 405. The van der Waals surface area contributed by atoms with Gasteiger partial charge in [-0.05, 0) is 55.9 Å². The third-order valence-corrected chi connectivity index (χ3v) is 3.93. The van der Waals surface area contributed by atoms with Crippen molar-refractivity contribution in [3.05, 3.63) is 24.3 Å². The Labute approximate surface area is 108 Å². The predicted molar refractivity (Wildman–Crippen MR) is 72.6 cm³/mol. The lowest BCUT2D eigenvalue weighted by molar-refractivity contribution is -0.123. The summed E-state index contributed by atoms with van der Waals surface area (Å²) in [4.78, 5) is 14.1. The van der Waals surface area contributed by atoms with Crippen LogP contribution in [-0.4, -0.2) is 18.1 Å². The molecular formula is C15H21NO2. The van der Waals surface area contributed by atoms with Crippen LogP contribution in [0.25, 0.3) is 0 Å². The largest absolute Gasteiger partial charge is 0.508 e. The van der Waals surface area contributed by atoms with Gasteiger partial charge in [0.1, 0.15) is 5.75 Å². The Balaban J connectivity index is 2.02. The summed E-state index contributed by atoms with van der Waals surface area (Å²) in [5.74, 6) is 1.35. The number of phenols is 1. The number of nitrogens with zero attached hydrogens (tertiary/aromatic N) is 1. The Kier molecular flexibility index (Phi) is 3.90. The van der Waals surface area contributed by atoms with Crippen molar-refractivity contribution >= 4 is 11.6 Å². The van der Waals surface area contributed by atoms with Crippen molar-refractivity contribution in [3.63, 3.8) is 0 Å². The normalized spacial score (nSPS) is 23.7. The zero-order valence-electron chi connectivity index (χ0n) is 11.1. The summed E-state index contributed by atoms with van der Waals surface area (Å²) >= 11 is 0. The molecule has 98 valence electrons. The van der Waals surface area contributed by atoms with Crippen molar-refractivity contribution < 1.29 is 9.90 Å². The highest BCUT2D eigenvalue weighted by atomic mass is 16.3. The first-order valence-corrected chi connectivity index (χ1v) is 6.64. The molecule has 3 nitrogen and oxygen atoms in total. The summed E-state index contributed by atoms with van der Waals surface area (Å²) in [5, 5.41) is 9.25. The number of carbonyl (C=O) groups is 1. The van der Waals surface area contributed by atoms with Crippen molar-refractivity contribution in [2.45, 2.75) is 32.6 Å². The van der Waals surface area contributed by atoms with Crippen LogP contribution in [0.5, 0.6) is 5.75 Å². The van der Waals surface area contributed by atoms with Gasteiger partial charge in [0, 0.05) is 18.7 Å². The van der Waals surface area contributed by atoms with E-state index in [1.165, 1.54) is 0 Å². The SMILES string of the molecule is CC1CCC(C(=O)N(C)c2ccc(O)cc2)CC1. The van der Waals surface area contributed by atoms with E-state index in [4.69, 9.17) is 0 Å². The Hall–Kier alpha value is -1.51. The number of benzene rings is 1. The van der Waals surface area contributed by atoms with Crippen molar-refractivity contribution in [1.82, 2.24) is 0 Å². The first-order chi connectivity index (χ1) is 8.58. The second kappa shape index (κ2) is 5.42. The number of aromatic hydroxyl groups is 1. The van der Waals surface area contributed by atoms with Gasteiger partial charge in [0.15, 0.2) is 0 Å². The topological polar surface area (TPSA) is 40.5 Å². The first-order valence-electron chi connectivity index (χ1n) is 6.64. The number of hydrogen-bond donors (Lipinski definition) is 1. The van der Waals surface area contributed by atoms with Gasteiger partial charge >= 0.3 is 0 Å². The Morgan fingerprint density at radius 3 is 2.28 bits per heavy atom. The van der Waals surface area contributed by atoms with Gasteiger partial charge in [-0.3, -0.25) is 4.79 Å². The van der Waals surface area contributed by atoms with E-state index in [1.54, 1.807) is 29.2 Å². The molecule has 0 saturated heterocycles. The fraction of sp³-hybridized carbons (Fsp3) is 0.533. The molecule has 1 amide bonds. The number of rotatable bonds is 2. The lowest BCUT2D eigenvalue weighted by Crippen LogP contribution is -2.34. The van der Waals surface area contributed by atoms with E-state index < -0.39 is 0 Å². The van der Waals surface area contributed by atoms with Gasteiger partial charge in [-0.1, -0.05) is 6.92 Å². The fourth-order valence-corrected chi connectivity index (χ4v) is 2.58. The van der Waals surface area contributed by atoms with Gasteiger partial charge in [0.05, 0.1) is 0 Å². The lowest BCUT2D eigenvalue weighted by atomic mass is 9.82. The van der Waals surface area contributed by atoms with Crippen LogP contribution in [-0.2, 0) is 4.79 Å². The number of phenolic OH excluding ortho intramolecular Hbond substituents is 1. The standard InChI is InChI=1S/C15H21NO2/c1-11-3-5-12(6-4-11)15(18)16(2)13-7-9-14(17)10-8-13/h7-12,17H,3-6H2,1-2H3. The molecule has 0 radical (unpaired) electrons. The van der Waals surface area contributed by atoms with Crippen LogP contribution >= 0.6 is 0 Å². The van der Waals surface area contributed by atoms with Crippen molar-refractivity contribution in [2.24, 2.45) is 11.8 Å². The van der Waals surface area contributed by atoms with Crippen LogP contribution in [0.3, 0.4) is 0 Å².